The van der Waals surface area contributed by atoms with Crippen LogP contribution < -0.4 is 20.7 Å². The molecule has 4 unspecified atom stereocenters. The fraction of sp³-hybridized carbons (Fsp3) is 0.636. The van der Waals surface area contributed by atoms with Crippen molar-refractivity contribution in [2.45, 2.75) is 121 Å². The smallest absolute Gasteiger partial charge is 0.412 e. The van der Waals surface area contributed by atoms with Gasteiger partial charge in [-0.1, -0.05) is 31.9 Å². The van der Waals surface area contributed by atoms with E-state index >= 15 is 0 Å². The molecule has 1 aliphatic carbocycles. The molecule has 2 aliphatic heterocycles. The number of anilines is 2. The van der Waals surface area contributed by atoms with Crippen molar-refractivity contribution >= 4 is 45.2 Å². The van der Waals surface area contributed by atoms with Crippen LogP contribution in [0, 0.1) is 5.92 Å². The minimum Gasteiger partial charge on any atom is -0.444 e. The quantitative estimate of drug-likeness (QED) is 0.326. The van der Waals surface area contributed by atoms with E-state index in [2.05, 4.69) is 20.7 Å². The van der Waals surface area contributed by atoms with Gasteiger partial charge in [0.05, 0.1) is 4.75 Å². The van der Waals surface area contributed by atoms with Crippen molar-refractivity contribution in [3.05, 3.63) is 36.4 Å². The first-order chi connectivity index (χ1) is 21.6. The van der Waals surface area contributed by atoms with Crippen LogP contribution in [-0.2, 0) is 29.1 Å². The zero-order valence-corrected chi connectivity index (χ0v) is 28.4. The summed E-state index contributed by atoms with van der Waals surface area (Å²) in [6, 6.07) is 4.48. The summed E-state index contributed by atoms with van der Waals surface area (Å²) in [4.78, 5) is 54.7. The van der Waals surface area contributed by atoms with E-state index in [1.807, 2.05) is 12.2 Å². The van der Waals surface area contributed by atoms with Crippen LogP contribution in [0.5, 0.6) is 0 Å². The van der Waals surface area contributed by atoms with Gasteiger partial charge in [0.25, 0.3) is 5.91 Å². The molecular formula is C33H49N5O7S. The number of nitrogens with zero attached hydrogens (tertiary/aromatic N) is 1. The van der Waals surface area contributed by atoms with Crippen LogP contribution in [0.4, 0.5) is 16.2 Å². The van der Waals surface area contributed by atoms with Crippen molar-refractivity contribution in [2.24, 2.45) is 5.92 Å². The van der Waals surface area contributed by atoms with Gasteiger partial charge in [0.2, 0.25) is 21.8 Å². The number of rotatable bonds is 6. The number of ether oxygens (including phenoxy) is 1. The van der Waals surface area contributed by atoms with Crippen LogP contribution in [0.15, 0.2) is 36.4 Å². The third-order valence-electron chi connectivity index (χ3n) is 8.75. The van der Waals surface area contributed by atoms with Crippen LogP contribution in [0.25, 0.3) is 0 Å². The summed E-state index contributed by atoms with van der Waals surface area (Å²) in [5.41, 5.74) is 0.604. The highest BCUT2D eigenvalue weighted by atomic mass is 32.2. The van der Waals surface area contributed by atoms with Gasteiger partial charge in [0.15, 0.2) is 0 Å². The van der Waals surface area contributed by atoms with E-state index in [9.17, 15) is 27.6 Å². The summed E-state index contributed by atoms with van der Waals surface area (Å²) in [6.45, 7) is 9.13. The largest absolute Gasteiger partial charge is 0.444 e. The highest BCUT2D eigenvalue weighted by Crippen LogP contribution is 2.42. The number of allylic oxidation sites excluding steroid dienone is 1. The first-order valence-electron chi connectivity index (χ1n) is 16.3. The number of amides is 4. The first-order valence-corrected chi connectivity index (χ1v) is 17.8. The second-order valence-corrected chi connectivity index (χ2v) is 16.1. The molecule has 0 spiro atoms. The molecule has 1 aromatic carbocycles. The Bertz CT molecular complexity index is 1420. The van der Waals surface area contributed by atoms with Crippen LogP contribution in [0.3, 0.4) is 0 Å². The third-order valence-corrected chi connectivity index (χ3v) is 10.9. The molecule has 13 heteroatoms. The summed E-state index contributed by atoms with van der Waals surface area (Å²) < 4.78 is 32.2. The van der Waals surface area contributed by atoms with Gasteiger partial charge in [-0.2, -0.15) is 0 Å². The molecule has 1 saturated carbocycles. The Labute approximate surface area is 272 Å². The van der Waals surface area contributed by atoms with E-state index in [0.717, 1.165) is 25.7 Å². The van der Waals surface area contributed by atoms with E-state index in [-0.39, 0.29) is 5.91 Å². The average Bonchev–Trinajstić information content (AvgIpc) is 3.54. The average molecular weight is 660 g/mol. The predicted molar refractivity (Wildman–Crippen MR) is 176 cm³/mol. The number of carbonyl (C=O) groups is 4. The number of fused-ring (bicyclic) bond motifs is 1. The molecule has 4 atom stereocenters. The molecule has 0 bridgehead atoms. The highest BCUT2D eigenvalue weighted by Gasteiger charge is 2.51. The fourth-order valence-electron chi connectivity index (χ4n) is 5.69. The SMILES string of the molecule is CC1C=CCCCCCC(Nc2ccc(NC(=O)OC(C)(C)C)cc2)C(=O)N2CCCC2C(=O)NC1C(=O)NS(=O)(=O)C1(C)CC1. The molecule has 46 heavy (non-hydrogen) atoms. The van der Waals surface area contributed by atoms with Gasteiger partial charge in [-0.05, 0) is 96.9 Å². The minimum absolute atomic E-state index is 0.208. The zero-order valence-electron chi connectivity index (χ0n) is 27.6. The van der Waals surface area contributed by atoms with E-state index in [0.29, 0.717) is 50.0 Å². The van der Waals surface area contributed by atoms with Crippen molar-refractivity contribution in [3.63, 3.8) is 0 Å². The van der Waals surface area contributed by atoms with Gasteiger partial charge in [0, 0.05) is 23.8 Å². The molecule has 0 radical (unpaired) electrons. The van der Waals surface area contributed by atoms with Crippen LogP contribution in [0.1, 0.15) is 92.4 Å². The van der Waals surface area contributed by atoms with E-state index in [4.69, 9.17) is 4.74 Å². The monoisotopic (exact) mass is 659 g/mol. The molecule has 4 rings (SSSR count). The van der Waals surface area contributed by atoms with Gasteiger partial charge >= 0.3 is 6.09 Å². The standard InChI is InChI=1S/C33H49N5O7S/c1-22-12-9-7-6-8-10-13-25(34-23-15-17-24(18-16-23)35-31(42)45-32(2,3)4)30(41)38-21-11-14-26(38)28(39)36-27(22)29(40)37-46(43,44)33(5)19-20-33/h9,12,15-18,22,25-27,34H,6-8,10-11,13-14,19-21H2,1-5H3,(H,35,42)(H,36,39)(H,37,40). The second kappa shape index (κ2) is 14.4. The summed E-state index contributed by atoms with van der Waals surface area (Å²) >= 11 is 0. The van der Waals surface area contributed by atoms with E-state index in [1.165, 1.54) is 0 Å². The van der Waals surface area contributed by atoms with Crippen molar-refractivity contribution in [2.75, 3.05) is 17.2 Å². The van der Waals surface area contributed by atoms with Crippen LogP contribution in [-0.4, -0.2) is 72.2 Å². The Hall–Kier alpha value is -3.61. The third kappa shape index (κ3) is 9.23. The normalized spacial score (nSPS) is 25.7. The lowest BCUT2D eigenvalue weighted by Crippen LogP contribution is -2.57. The Kier molecular flexibility index (Phi) is 11.1. The second-order valence-electron chi connectivity index (χ2n) is 13.9. The highest BCUT2D eigenvalue weighted by molar-refractivity contribution is 7.91. The fourth-order valence-corrected chi connectivity index (χ4v) is 6.97. The maximum Gasteiger partial charge on any atom is 0.412 e. The number of hydrogen-bond acceptors (Lipinski definition) is 8. The Morgan fingerprint density at radius 1 is 1.00 bits per heavy atom. The number of nitrogens with one attached hydrogen (secondary N) is 4. The van der Waals surface area contributed by atoms with Crippen LogP contribution in [0.2, 0.25) is 0 Å². The van der Waals surface area contributed by atoms with Gasteiger partial charge in [-0.15, -0.1) is 0 Å². The van der Waals surface area contributed by atoms with Gasteiger partial charge in [0.1, 0.15) is 23.7 Å². The molecule has 4 amide bonds. The maximum absolute atomic E-state index is 14.0. The number of carbonyl (C=O) groups excluding carboxylic acids is 4. The van der Waals surface area contributed by atoms with E-state index < -0.39 is 62.3 Å². The lowest BCUT2D eigenvalue weighted by Gasteiger charge is -2.31. The topological polar surface area (TPSA) is 163 Å². The molecule has 1 saturated heterocycles. The molecule has 0 aromatic heterocycles. The van der Waals surface area contributed by atoms with Gasteiger partial charge < -0.3 is 20.3 Å². The van der Waals surface area contributed by atoms with Crippen LogP contribution >= 0.6 is 0 Å². The number of hydrogen-bond donors (Lipinski definition) is 4. The number of sulfonamides is 1. The van der Waals surface area contributed by atoms with Crippen molar-refractivity contribution in [1.29, 1.82) is 0 Å². The Morgan fingerprint density at radius 3 is 2.33 bits per heavy atom. The number of benzene rings is 1. The van der Waals surface area contributed by atoms with E-state index in [1.54, 1.807) is 63.8 Å². The minimum atomic E-state index is -3.90. The lowest BCUT2D eigenvalue weighted by atomic mass is 9.99. The van der Waals surface area contributed by atoms with Crippen molar-refractivity contribution in [3.8, 4) is 0 Å². The molecule has 3 aliphatic rings. The molecule has 1 aromatic rings. The van der Waals surface area contributed by atoms with Crippen molar-refractivity contribution in [1.82, 2.24) is 14.9 Å². The predicted octanol–water partition coefficient (Wildman–Crippen LogP) is 4.44. The molecule has 2 fully saturated rings. The zero-order chi connectivity index (χ0) is 33.7. The van der Waals surface area contributed by atoms with Gasteiger partial charge in [-0.25, -0.2) is 13.2 Å². The Balaban J connectivity index is 1.50. The summed E-state index contributed by atoms with van der Waals surface area (Å²) in [6.07, 6.45) is 9.10. The Morgan fingerprint density at radius 2 is 1.67 bits per heavy atom. The maximum atomic E-state index is 14.0. The summed E-state index contributed by atoms with van der Waals surface area (Å²) in [5.74, 6) is -1.93. The molecule has 4 N–H and O–H groups in total. The van der Waals surface area contributed by atoms with Crippen molar-refractivity contribution < 1.29 is 32.3 Å². The molecule has 2 heterocycles. The van der Waals surface area contributed by atoms with Gasteiger partial charge in [-0.3, -0.25) is 24.4 Å². The summed E-state index contributed by atoms with van der Waals surface area (Å²) in [5, 5.41) is 8.83. The molecular weight excluding hydrogens is 610 g/mol. The first kappa shape index (κ1) is 35.2. The lowest BCUT2D eigenvalue weighted by molar-refractivity contribution is -0.140. The molecule has 254 valence electrons. The summed E-state index contributed by atoms with van der Waals surface area (Å²) in [7, 11) is -3.90. The molecule has 12 nitrogen and oxygen atoms in total.